The number of ether oxygens (including phenoxy) is 1. The van der Waals surface area contributed by atoms with Crippen molar-refractivity contribution in [1.29, 1.82) is 0 Å². The Hall–Kier alpha value is -3.78. The number of imidazole rings is 1. The Balaban J connectivity index is 1.45. The van der Waals surface area contributed by atoms with Gasteiger partial charge in [0.15, 0.2) is 5.16 Å². The Morgan fingerprint density at radius 3 is 2.70 bits per heavy atom. The molecule has 0 aliphatic carbocycles. The van der Waals surface area contributed by atoms with Crippen LogP contribution in [0.2, 0.25) is 0 Å². The Morgan fingerprint density at radius 1 is 1.00 bits per heavy atom. The van der Waals surface area contributed by atoms with Gasteiger partial charge in [0.2, 0.25) is 0 Å². The lowest BCUT2D eigenvalue weighted by Gasteiger charge is -2.14. The number of methoxy groups -OCH3 is 1. The minimum atomic E-state index is -0.121. The summed E-state index contributed by atoms with van der Waals surface area (Å²) in [7, 11) is 1.60. The van der Waals surface area contributed by atoms with E-state index in [1.54, 1.807) is 22.3 Å². The molecule has 166 valence electrons. The van der Waals surface area contributed by atoms with Crippen molar-refractivity contribution < 1.29 is 4.74 Å². The number of aromatic nitrogens is 4. The molecule has 0 spiro atoms. The zero-order chi connectivity index (χ0) is 22.8. The van der Waals surface area contributed by atoms with Crippen molar-refractivity contribution in [2.75, 3.05) is 12.9 Å². The second-order valence-corrected chi connectivity index (χ2v) is 8.62. The highest BCUT2D eigenvalue weighted by Gasteiger charge is 2.14. The third-order valence-electron chi connectivity index (χ3n) is 5.50. The van der Waals surface area contributed by atoms with E-state index in [0.717, 1.165) is 17.5 Å². The molecule has 0 bridgehead atoms. The molecule has 5 rings (SSSR count). The molecule has 0 aliphatic rings. The van der Waals surface area contributed by atoms with Gasteiger partial charge in [-0.25, -0.2) is 9.78 Å². The molecule has 5 aromatic rings. The van der Waals surface area contributed by atoms with Gasteiger partial charge >= 0.3 is 5.69 Å². The molecule has 3 aromatic carbocycles. The molecule has 0 atom stereocenters. The fourth-order valence-electron chi connectivity index (χ4n) is 3.90. The van der Waals surface area contributed by atoms with Crippen molar-refractivity contribution >= 4 is 33.7 Å². The number of aromatic amines is 1. The summed E-state index contributed by atoms with van der Waals surface area (Å²) in [6, 6.07) is 22.4. The third-order valence-corrected chi connectivity index (χ3v) is 6.52. The average molecular weight is 459 g/mol. The number of hydrogen-bond donors (Lipinski definition) is 1. The Kier molecular flexibility index (Phi) is 5.75. The first-order valence-corrected chi connectivity index (χ1v) is 11.6. The molecule has 0 fully saturated rings. The van der Waals surface area contributed by atoms with Gasteiger partial charge in [0.1, 0.15) is 5.75 Å². The quantitative estimate of drug-likeness (QED) is 0.224. The van der Waals surface area contributed by atoms with Gasteiger partial charge in [-0.2, -0.15) is 0 Å². The summed E-state index contributed by atoms with van der Waals surface area (Å²) in [6.45, 7) is 0.576. The number of para-hydroxylation sites is 3. The van der Waals surface area contributed by atoms with Crippen molar-refractivity contribution in [3.05, 3.63) is 93.6 Å². The number of hydrogen-bond acceptors (Lipinski definition) is 5. The van der Waals surface area contributed by atoms with E-state index in [1.807, 2.05) is 66.7 Å². The minimum Gasteiger partial charge on any atom is -0.497 e. The topological polar surface area (TPSA) is 81.9 Å². The zero-order valence-corrected chi connectivity index (χ0v) is 18.8. The van der Waals surface area contributed by atoms with Crippen LogP contribution in [0, 0.1) is 0 Å². The van der Waals surface area contributed by atoms with Gasteiger partial charge in [0.05, 0.1) is 34.7 Å². The molecular formula is C25H22N4O3S. The molecule has 0 saturated carbocycles. The number of nitrogens with zero attached hydrogens (tertiary/aromatic N) is 3. The summed E-state index contributed by atoms with van der Waals surface area (Å²) in [6.07, 6.45) is 0.743. The standard InChI is InChI=1S/C25H22N4O3S/c1-32-18-9-6-8-17(16-18)29-23(30)19-10-2-3-11-20(19)27-25(29)33-15-7-14-28-22-13-5-4-12-21(22)26-24(28)31/h2-6,8-13,16H,7,14-15H2,1H3,(H,26,31). The summed E-state index contributed by atoms with van der Waals surface area (Å²) < 4.78 is 8.73. The maximum atomic E-state index is 13.4. The van der Waals surface area contributed by atoms with Crippen molar-refractivity contribution in [3.8, 4) is 11.4 Å². The lowest BCUT2D eigenvalue weighted by Crippen LogP contribution is -2.22. The van der Waals surface area contributed by atoms with Gasteiger partial charge in [-0.3, -0.25) is 13.9 Å². The number of aryl methyl sites for hydroxylation is 1. The van der Waals surface area contributed by atoms with Crippen molar-refractivity contribution in [3.63, 3.8) is 0 Å². The molecule has 1 N–H and O–H groups in total. The Labute approximate surface area is 193 Å². The number of H-pyrrole nitrogens is 1. The number of fused-ring (bicyclic) bond motifs is 2. The molecule has 0 radical (unpaired) electrons. The van der Waals surface area contributed by atoms with Gasteiger partial charge in [0, 0.05) is 18.4 Å². The maximum absolute atomic E-state index is 13.4. The van der Waals surface area contributed by atoms with E-state index in [0.29, 0.717) is 39.8 Å². The largest absolute Gasteiger partial charge is 0.497 e. The molecule has 2 heterocycles. The van der Waals surface area contributed by atoms with E-state index >= 15 is 0 Å². The van der Waals surface area contributed by atoms with E-state index in [-0.39, 0.29) is 11.2 Å². The fraction of sp³-hybridized carbons (Fsp3) is 0.160. The molecule has 8 heteroatoms. The SMILES string of the molecule is COc1cccc(-n2c(SCCCn3c(=O)[nH]c4ccccc43)nc3ccccc3c2=O)c1. The third kappa shape index (κ3) is 4.05. The van der Waals surface area contributed by atoms with Crippen LogP contribution < -0.4 is 16.0 Å². The van der Waals surface area contributed by atoms with Gasteiger partial charge in [0.25, 0.3) is 5.56 Å². The van der Waals surface area contributed by atoms with E-state index in [1.165, 1.54) is 11.8 Å². The summed E-state index contributed by atoms with van der Waals surface area (Å²) in [5.74, 6) is 1.36. The first-order valence-electron chi connectivity index (χ1n) is 10.6. The average Bonchev–Trinajstić information content (AvgIpc) is 3.17. The zero-order valence-electron chi connectivity index (χ0n) is 18.0. The van der Waals surface area contributed by atoms with E-state index < -0.39 is 0 Å². The van der Waals surface area contributed by atoms with E-state index in [4.69, 9.17) is 9.72 Å². The Bertz CT molecular complexity index is 1570. The lowest BCUT2D eigenvalue weighted by atomic mass is 10.2. The summed E-state index contributed by atoms with van der Waals surface area (Å²) >= 11 is 1.50. The van der Waals surface area contributed by atoms with Crippen LogP contribution in [0.1, 0.15) is 6.42 Å². The predicted octanol–water partition coefficient (Wildman–Crippen LogP) is 4.22. The minimum absolute atomic E-state index is 0.113. The van der Waals surface area contributed by atoms with E-state index in [9.17, 15) is 9.59 Å². The fourth-order valence-corrected chi connectivity index (χ4v) is 4.84. The van der Waals surface area contributed by atoms with Crippen LogP contribution in [-0.4, -0.2) is 32.0 Å². The summed E-state index contributed by atoms with van der Waals surface area (Å²) in [5.41, 5.74) is 2.86. The van der Waals surface area contributed by atoms with Crippen molar-refractivity contribution in [2.45, 2.75) is 18.1 Å². The van der Waals surface area contributed by atoms with Gasteiger partial charge in [-0.1, -0.05) is 42.1 Å². The number of benzene rings is 3. The highest BCUT2D eigenvalue weighted by molar-refractivity contribution is 7.99. The lowest BCUT2D eigenvalue weighted by molar-refractivity contribution is 0.414. The van der Waals surface area contributed by atoms with Crippen LogP contribution >= 0.6 is 11.8 Å². The van der Waals surface area contributed by atoms with E-state index in [2.05, 4.69) is 4.98 Å². The number of rotatable bonds is 7. The highest BCUT2D eigenvalue weighted by Crippen LogP contribution is 2.24. The summed E-state index contributed by atoms with van der Waals surface area (Å²) in [4.78, 5) is 33.4. The smallest absolute Gasteiger partial charge is 0.326 e. The molecular weight excluding hydrogens is 436 g/mol. The molecule has 0 amide bonds. The predicted molar refractivity (Wildman–Crippen MR) is 132 cm³/mol. The number of nitrogens with one attached hydrogen (secondary N) is 1. The van der Waals surface area contributed by atoms with Gasteiger partial charge < -0.3 is 9.72 Å². The van der Waals surface area contributed by atoms with Crippen LogP contribution in [0.3, 0.4) is 0 Å². The van der Waals surface area contributed by atoms with Crippen LogP contribution in [-0.2, 0) is 6.54 Å². The normalized spacial score (nSPS) is 11.3. The highest BCUT2D eigenvalue weighted by atomic mass is 32.2. The first kappa shape index (κ1) is 21.1. The summed E-state index contributed by atoms with van der Waals surface area (Å²) in [5, 5.41) is 1.17. The Morgan fingerprint density at radius 2 is 1.82 bits per heavy atom. The number of thioether (sulfide) groups is 1. The molecule has 7 nitrogen and oxygen atoms in total. The van der Waals surface area contributed by atoms with Crippen LogP contribution in [0.25, 0.3) is 27.6 Å². The second-order valence-electron chi connectivity index (χ2n) is 7.55. The molecule has 0 aliphatic heterocycles. The second kappa shape index (κ2) is 8.99. The maximum Gasteiger partial charge on any atom is 0.326 e. The monoisotopic (exact) mass is 458 g/mol. The van der Waals surface area contributed by atoms with Crippen molar-refractivity contribution in [2.24, 2.45) is 0 Å². The van der Waals surface area contributed by atoms with Crippen molar-refractivity contribution in [1.82, 2.24) is 19.1 Å². The molecule has 0 saturated heterocycles. The first-order chi connectivity index (χ1) is 16.2. The van der Waals surface area contributed by atoms with Gasteiger partial charge in [-0.05, 0) is 42.8 Å². The molecule has 33 heavy (non-hydrogen) atoms. The van der Waals surface area contributed by atoms with Crippen LogP contribution in [0.15, 0.2) is 87.5 Å². The van der Waals surface area contributed by atoms with Crippen LogP contribution in [0.4, 0.5) is 0 Å². The molecule has 0 unspecified atom stereocenters. The molecule has 2 aromatic heterocycles. The van der Waals surface area contributed by atoms with Crippen LogP contribution in [0.5, 0.6) is 5.75 Å². The van der Waals surface area contributed by atoms with Gasteiger partial charge in [-0.15, -0.1) is 0 Å².